The smallest absolute Gasteiger partial charge is 0.306 e. The highest BCUT2D eigenvalue weighted by atomic mass is 35.5. The number of non-ortho nitro benzene ring substituents is 1. The first-order chi connectivity index (χ1) is 20.3. The number of hydrogen-bond acceptors (Lipinski definition) is 7. The van der Waals surface area contributed by atoms with Crippen LogP contribution in [0.2, 0.25) is 10.0 Å². The van der Waals surface area contributed by atoms with Crippen molar-refractivity contribution in [1.29, 1.82) is 0 Å². The number of hydroxylamine groups is 2. The van der Waals surface area contributed by atoms with Gasteiger partial charge in [0.2, 0.25) is 0 Å². The SMILES string of the molecule is C/C(=N\NC(=O)CN1C(=O)N(c2cccc(Cl)c2)[C@@H](N(O)C(=O)Nc2cccc(Cl)c2)C1(C)C)c1ccc([N+](=O)[O-])cc1. The van der Waals surface area contributed by atoms with Crippen LogP contribution in [0.5, 0.6) is 0 Å². The number of nitrogens with one attached hydrogen (secondary N) is 2. The minimum Gasteiger partial charge on any atom is -0.306 e. The van der Waals surface area contributed by atoms with Crippen LogP contribution in [-0.2, 0) is 4.79 Å². The van der Waals surface area contributed by atoms with Gasteiger partial charge in [0.05, 0.1) is 16.2 Å². The van der Waals surface area contributed by atoms with Crippen LogP contribution in [0.4, 0.5) is 26.7 Å². The number of carbonyl (C=O) groups excluding carboxylic acids is 3. The van der Waals surface area contributed by atoms with E-state index in [0.29, 0.717) is 32.1 Å². The molecule has 4 rings (SSSR count). The number of benzene rings is 3. The molecule has 15 heteroatoms. The van der Waals surface area contributed by atoms with Crippen LogP contribution in [0.3, 0.4) is 0 Å². The van der Waals surface area contributed by atoms with E-state index in [9.17, 15) is 29.7 Å². The molecule has 5 amide bonds. The highest BCUT2D eigenvalue weighted by molar-refractivity contribution is 6.31. The second-order valence-corrected chi connectivity index (χ2v) is 10.9. The number of nitro benzene ring substituents is 1. The molecule has 1 aliphatic rings. The first kappa shape index (κ1) is 31.2. The Kier molecular flexibility index (Phi) is 9.19. The number of rotatable bonds is 8. The quantitative estimate of drug-likeness (QED) is 0.125. The fourth-order valence-electron chi connectivity index (χ4n) is 4.57. The summed E-state index contributed by atoms with van der Waals surface area (Å²) < 4.78 is 0. The molecule has 0 radical (unpaired) electrons. The predicted octanol–water partition coefficient (Wildman–Crippen LogP) is 5.71. The van der Waals surface area contributed by atoms with Crippen LogP contribution in [0.15, 0.2) is 77.9 Å². The van der Waals surface area contributed by atoms with Crippen LogP contribution < -0.4 is 15.6 Å². The summed E-state index contributed by atoms with van der Waals surface area (Å²) in [6.07, 6.45) is -1.31. The number of nitro groups is 1. The first-order valence-electron chi connectivity index (χ1n) is 12.8. The largest absolute Gasteiger partial charge is 0.347 e. The molecule has 43 heavy (non-hydrogen) atoms. The van der Waals surface area contributed by atoms with Crippen molar-refractivity contribution < 1.29 is 24.5 Å². The number of anilines is 2. The van der Waals surface area contributed by atoms with E-state index in [1.807, 2.05) is 0 Å². The summed E-state index contributed by atoms with van der Waals surface area (Å²) in [5.74, 6) is -0.665. The maximum absolute atomic E-state index is 13.8. The van der Waals surface area contributed by atoms with E-state index in [2.05, 4.69) is 15.8 Å². The molecule has 13 nitrogen and oxygen atoms in total. The zero-order valence-electron chi connectivity index (χ0n) is 23.2. The standard InChI is InChI=1S/C28H27Cl2N7O6/c1-17(18-10-12-22(13-11-18)37(42)43)32-33-24(38)16-34-27(40)35(23-9-5-7-20(30)15-23)25(28(34,2)3)36(41)26(39)31-21-8-4-6-19(29)14-21/h4-15,25,41H,16H2,1-3H3,(H,31,39)(H,33,38)/b32-17+/t25-/m0/s1. The third kappa shape index (κ3) is 6.85. The Morgan fingerprint density at radius 1 is 1.07 bits per heavy atom. The van der Waals surface area contributed by atoms with Gasteiger partial charge in [0.25, 0.3) is 11.6 Å². The molecule has 224 valence electrons. The van der Waals surface area contributed by atoms with Crippen molar-refractivity contribution in [2.45, 2.75) is 32.5 Å². The molecular formula is C28H27Cl2N7O6. The van der Waals surface area contributed by atoms with Crippen LogP contribution in [-0.4, -0.2) is 62.0 Å². The van der Waals surface area contributed by atoms with Crippen LogP contribution >= 0.6 is 23.2 Å². The topological polar surface area (TPSA) is 161 Å². The minimum atomic E-state index is -1.33. The van der Waals surface area contributed by atoms with Crippen molar-refractivity contribution in [3.05, 3.63) is 98.5 Å². The van der Waals surface area contributed by atoms with Crippen LogP contribution in [0, 0.1) is 10.1 Å². The average molecular weight is 628 g/mol. The van der Waals surface area contributed by atoms with Gasteiger partial charge in [-0.15, -0.1) is 0 Å². The summed E-state index contributed by atoms with van der Waals surface area (Å²) in [7, 11) is 0. The van der Waals surface area contributed by atoms with Gasteiger partial charge in [0, 0.05) is 33.6 Å². The summed E-state index contributed by atoms with van der Waals surface area (Å²) >= 11 is 12.2. The molecule has 1 atom stereocenters. The summed E-state index contributed by atoms with van der Waals surface area (Å²) in [5.41, 5.74) is 2.47. The molecule has 0 spiro atoms. The molecule has 1 fully saturated rings. The molecular weight excluding hydrogens is 601 g/mol. The lowest BCUT2D eigenvalue weighted by Gasteiger charge is -2.38. The normalized spacial score (nSPS) is 16.2. The number of hydrogen-bond donors (Lipinski definition) is 3. The molecule has 0 saturated carbocycles. The zero-order chi connectivity index (χ0) is 31.5. The van der Waals surface area contributed by atoms with E-state index in [1.54, 1.807) is 57.2 Å². The summed E-state index contributed by atoms with van der Waals surface area (Å²) in [5, 5.41) is 29.7. The number of urea groups is 2. The lowest BCUT2D eigenvalue weighted by atomic mass is 9.99. The van der Waals surface area contributed by atoms with Crippen molar-refractivity contribution in [3.63, 3.8) is 0 Å². The summed E-state index contributed by atoms with van der Waals surface area (Å²) in [4.78, 5) is 52.7. The van der Waals surface area contributed by atoms with Gasteiger partial charge < -0.3 is 10.2 Å². The Morgan fingerprint density at radius 3 is 2.30 bits per heavy atom. The third-order valence-electron chi connectivity index (χ3n) is 6.76. The van der Waals surface area contributed by atoms with Gasteiger partial charge in [0.15, 0.2) is 6.17 Å². The monoisotopic (exact) mass is 627 g/mol. The van der Waals surface area contributed by atoms with Crippen molar-refractivity contribution in [2.75, 3.05) is 16.8 Å². The Balaban J connectivity index is 1.58. The van der Waals surface area contributed by atoms with E-state index in [-0.39, 0.29) is 11.4 Å². The molecule has 1 heterocycles. The van der Waals surface area contributed by atoms with Gasteiger partial charge in [-0.25, -0.2) is 15.0 Å². The van der Waals surface area contributed by atoms with E-state index in [0.717, 1.165) is 0 Å². The van der Waals surface area contributed by atoms with Crippen molar-refractivity contribution in [1.82, 2.24) is 15.4 Å². The van der Waals surface area contributed by atoms with Gasteiger partial charge in [-0.3, -0.25) is 25.0 Å². The number of halogens is 2. The molecule has 0 bridgehead atoms. The van der Waals surface area contributed by atoms with Crippen molar-refractivity contribution >= 4 is 63.9 Å². The maximum Gasteiger partial charge on any atom is 0.347 e. The van der Waals surface area contributed by atoms with E-state index in [4.69, 9.17) is 23.2 Å². The molecule has 3 aromatic rings. The Bertz CT molecular complexity index is 1600. The summed E-state index contributed by atoms with van der Waals surface area (Å²) in [6, 6.07) is 16.6. The molecule has 1 saturated heterocycles. The van der Waals surface area contributed by atoms with Gasteiger partial charge in [-0.1, -0.05) is 35.3 Å². The number of nitrogens with zero attached hydrogens (tertiary/aromatic N) is 5. The lowest BCUT2D eigenvalue weighted by Crippen LogP contribution is -2.58. The molecule has 0 aromatic heterocycles. The van der Waals surface area contributed by atoms with Gasteiger partial charge >= 0.3 is 12.1 Å². The summed E-state index contributed by atoms with van der Waals surface area (Å²) in [6.45, 7) is 4.30. The van der Waals surface area contributed by atoms with E-state index < -0.39 is 41.1 Å². The Labute approximate surface area is 256 Å². The highest BCUT2D eigenvalue weighted by Gasteiger charge is 2.56. The van der Waals surface area contributed by atoms with Crippen LogP contribution in [0.1, 0.15) is 26.3 Å². The molecule has 0 aliphatic carbocycles. The third-order valence-corrected chi connectivity index (χ3v) is 7.23. The first-order valence-corrected chi connectivity index (χ1v) is 13.5. The Morgan fingerprint density at radius 2 is 1.70 bits per heavy atom. The molecule has 1 aliphatic heterocycles. The Hall–Kier alpha value is -4.72. The highest BCUT2D eigenvalue weighted by Crippen LogP contribution is 2.38. The second kappa shape index (κ2) is 12.7. The fourth-order valence-corrected chi connectivity index (χ4v) is 4.94. The predicted molar refractivity (Wildman–Crippen MR) is 161 cm³/mol. The van der Waals surface area contributed by atoms with Crippen LogP contribution in [0.25, 0.3) is 0 Å². The second-order valence-electron chi connectivity index (χ2n) is 10.1. The zero-order valence-corrected chi connectivity index (χ0v) is 24.7. The van der Waals surface area contributed by atoms with E-state index in [1.165, 1.54) is 46.2 Å². The maximum atomic E-state index is 13.8. The van der Waals surface area contributed by atoms with Gasteiger partial charge in [-0.2, -0.15) is 10.2 Å². The molecule has 3 N–H and O–H groups in total. The van der Waals surface area contributed by atoms with Crippen molar-refractivity contribution in [3.8, 4) is 0 Å². The van der Waals surface area contributed by atoms with E-state index >= 15 is 0 Å². The van der Waals surface area contributed by atoms with Gasteiger partial charge in [-0.05, 0) is 74.9 Å². The van der Waals surface area contributed by atoms with Gasteiger partial charge in [0.1, 0.15) is 6.54 Å². The molecule has 0 unspecified atom stereocenters. The number of hydrazone groups is 1. The van der Waals surface area contributed by atoms with Crippen molar-refractivity contribution in [2.24, 2.45) is 5.10 Å². The number of carbonyl (C=O) groups is 3. The minimum absolute atomic E-state index is 0.0895. The number of amides is 5. The lowest BCUT2D eigenvalue weighted by molar-refractivity contribution is -0.384. The molecule has 3 aromatic carbocycles. The average Bonchev–Trinajstić information content (AvgIpc) is 3.15. The fraction of sp³-hybridized carbons (Fsp3) is 0.214.